The first-order chi connectivity index (χ1) is 17.7. The summed E-state index contributed by atoms with van der Waals surface area (Å²) < 4.78 is 23.2. The van der Waals surface area contributed by atoms with Crippen molar-refractivity contribution in [2.75, 3.05) is 32.7 Å². The zero-order valence-corrected chi connectivity index (χ0v) is 21.3. The molecule has 37 heavy (non-hydrogen) atoms. The van der Waals surface area contributed by atoms with Crippen LogP contribution in [0.2, 0.25) is 0 Å². The summed E-state index contributed by atoms with van der Waals surface area (Å²) in [4.78, 5) is 25.5. The lowest BCUT2D eigenvalue weighted by molar-refractivity contribution is 0.0142. The van der Waals surface area contributed by atoms with Crippen LogP contribution in [0.5, 0.6) is 0 Å². The molecule has 0 saturated carbocycles. The van der Waals surface area contributed by atoms with E-state index in [1.807, 2.05) is 31.6 Å². The molecule has 4 heterocycles. The van der Waals surface area contributed by atoms with Crippen LogP contribution in [-0.2, 0) is 17.8 Å². The summed E-state index contributed by atoms with van der Waals surface area (Å²) in [7, 11) is 0. The monoisotopic (exact) mass is 506 g/mol. The molecule has 1 aromatic carbocycles. The molecule has 1 aliphatic rings. The summed E-state index contributed by atoms with van der Waals surface area (Å²) in [6.45, 7) is 10.3. The van der Waals surface area contributed by atoms with Gasteiger partial charge in [-0.25, -0.2) is 23.8 Å². The number of halogens is 1. The highest BCUT2D eigenvalue weighted by atomic mass is 19.1. The first-order valence-corrected chi connectivity index (χ1v) is 12.4. The van der Waals surface area contributed by atoms with Crippen LogP contribution >= 0.6 is 0 Å². The molecule has 0 spiro atoms. The standard InChI is InChI=1S/C26H31FN8O2/c1-26(2,3)37-25(36)33-11-8-32(9-12-33)10-13-34-17-21(16-29-34)23-28-14-20-15-30-35(24(20)31-23)18-19-6-4-5-7-22(19)27/h4-7,14-17H,8-13,18H2,1-3H3. The Hall–Kier alpha value is -3.86. The van der Waals surface area contributed by atoms with Crippen molar-refractivity contribution in [3.8, 4) is 11.4 Å². The molecule has 0 radical (unpaired) electrons. The van der Waals surface area contributed by atoms with E-state index >= 15 is 0 Å². The maximum Gasteiger partial charge on any atom is 0.410 e. The van der Waals surface area contributed by atoms with Crippen molar-refractivity contribution in [1.82, 2.24) is 39.3 Å². The SMILES string of the molecule is CC(C)(C)OC(=O)N1CCN(CCn2cc(-c3ncc4cnn(Cc5ccccc5F)c4n3)cn2)CC1. The van der Waals surface area contributed by atoms with Gasteiger partial charge in [-0.15, -0.1) is 0 Å². The molecule has 4 aromatic rings. The maximum atomic E-state index is 14.1. The number of aromatic nitrogens is 6. The lowest BCUT2D eigenvalue weighted by atomic mass is 10.2. The average Bonchev–Trinajstić information content (AvgIpc) is 3.50. The minimum Gasteiger partial charge on any atom is -0.444 e. The summed E-state index contributed by atoms with van der Waals surface area (Å²) in [5.74, 6) is 0.271. The highest BCUT2D eigenvalue weighted by Gasteiger charge is 2.25. The fourth-order valence-corrected chi connectivity index (χ4v) is 4.24. The van der Waals surface area contributed by atoms with Crippen molar-refractivity contribution in [3.05, 3.63) is 60.4 Å². The van der Waals surface area contributed by atoms with E-state index in [2.05, 4.69) is 20.1 Å². The Labute approximate surface area is 214 Å². The molecule has 0 unspecified atom stereocenters. The van der Waals surface area contributed by atoms with E-state index in [4.69, 9.17) is 9.72 Å². The number of piperazine rings is 1. The van der Waals surface area contributed by atoms with Crippen LogP contribution in [0.3, 0.4) is 0 Å². The van der Waals surface area contributed by atoms with Crippen molar-refractivity contribution in [3.63, 3.8) is 0 Å². The second-order valence-electron chi connectivity index (χ2n) is 10.2. The van der Waals surface area contributed by atoms with Crippen LogP contribution in [0.1, 0.15) is 26.3 Å². The van der Waals surface area contributed by atoms with Gasteiger partial charge in [0.25, 0.3) is 0 Å². The molecule has 1 fully saturated rings. The van der Waals surface area contributed by atoms with Gasteiger partial charge in [0, 0.05) is 50.7 Å². The van der Waals surface area contributed by atoms with Crippen LogP contribution in [0.15, 0.2) is 49.1 Å². The Kier molecular flexibility index (Phi) is 6.88. The number of carbonyl (C=O) groups excluding carboxylic acids is 1. The number of fused-ring (bicyclic) bond motifs is 1. The second kappa shape index (κ2) is 10.3. The van der Waals surface area contributed by atoms with E-state index in [9.17, 15) is 9.18 Å². The second-order valence-corrected chi connectivity index (χ2v) is 10.2. The van der Waals surface area contributed by atoms with Gasteiger partial charge in [0.15, 0.2) is 11.5 Å². The molecule has 0 atom stereocenters. The summed E-state index contributed by atoms with van der Waals surface area (Å²) in [5, 5.41) is 9.65. The molecular weight excluding hydrogens is 475 g/mol. The fourth-order valence-electron chi connectivity index (χ4n) is 4.24. The molecule has 1 amide bonds. The van der Waals surface area contributed by atoms with Crippen molar-refractivity contribution in [1.29, 1.82) is 0 Å². The highest BCUT2D eigenvalue weighted by molar-refractivity contribution is 5.75. The Bertz CT molecular complexity index is 1380. The Balaban J connectivity index is 1.19. The van der Waals surface area contributed by atoms with Crippen LogP contribution in [-0.4, -0.2) is 83.7 Å². The van der Waals surface area contributed by atoms with Crippen LogP contribution in [0.4, 0.5) is 9.18 Å². The number of nitrogens with zero attached hydrogens (tertiary/aromatic N) is 8. The molecule has 1 aliphatic heterocycles. The van der Waals surface area contributed by atoms with Gasteiger partial charge in [0.1, 0.15) is 11.4 Å². The van der Waals surface area contributed by atoms with Crippen molar-refractivity contribution < 1.29 is 13.9 Å². The van der Waals surface area contributed by atoms with Crippen molar-refractivity contribution >= 4 is 17.1 Å². The first-order valence-electron chi connectivity index (χ1n) is 12.4. The molecule has 10 nitrogen and oxygen atoms in total. The highest BCUT2D eigenvalue weighted by Crippen LogP contribution is 2.19. The quantitative estimate of drug-likeness (QED) is 0.395. The van der Waals surface area contributed by atoms with E-state index in [1.165, 1.54) is 6.07 Å². The van der Waals surface area contributed by atoms with Crippen molar-refractivity contribution in [2.45, 2.75) is 39.5 Å². The summed E-state index contributed by atoms with van der Waals surface area (Å²) in [6, 6.07) is 6.66. The number of hydrogen-bond donors (Lipinski definition) is 0. The number of benzene rings is 1. The molecule has 0 bridgehead atoms. The lowest BCUT2D eigenvalue weighted by Crippen LogP contribution is -2.50. The normalized spacial score (nSPS) is 14.9. The van der Waals surface area contributed by atoms with Gasteiger partial charge in [-0.2, -0.15) is 10.2 Å². The molecule has 11 heteroatoms. The van der Waals surface area contributed by atoms with Crippen molar-refractivity contribution in [2.24, 2.45) is 0 Å². The minimum atomic E-state index is -0.486. The summed E-state index contributed by atoms with van der Waals surface area (Å²) in [6.07, 6.45) is 6.83. The number of carbonyl (C=O) groups is 1. The zero-order chi connectivity index (χ0) is 26.0. The molecular formula is C26H31FN8O2. The maximum absolute atomic E-state index is 14.1. The van der Waals surface area contributed by atoms with Gasteiger partial charge in [-0.3, -0.25) is 9.58 Å². The minimum absolute atomic E-state index is 0.254. The number of hydrogen-bond acceptors (Lipinski definition) is 7. The topological polar surface area (TPSA) is 94.2 Å². The van der Waals surface area contributed by atoms with E-state index in [1.54, 1.807) is 46.4 Å². The molecule has 3 aromatic heterocycles. The average molecular weight is 507 g/mol. The smallest absolute Gasteiger partial charge is 0.410 e. The first kappa shape index (κ1) is 24.8. The van der Waals surface area contributed by atoms with E-state index in [0.29, 0.717) is 36.7 Å². The van der Waals surface area contributed by atoms with E-state index in [0.717, 1.165) is 30.6 Å². The van der Waals surface area contributed by atoms with Crippen LogP contribution < -0.4 is 0 Å². The molecule has 0 N–H and O–H groups in total. The Morgan fingerprint density at radius 2 is 1.81 bits per heavy atom. The third-order valence-electron chi connectivity index (χ3n) is 6.22. The third-order valence-corrected chi connectivity index (χ3v) is 6.22. The number of amides is 1. The van der Waals surface area contributed by atoms with Crippen LogP contribution in [0.25, 0.3) is 22.4 Å². The summed E-state index contributed by atoms with van der Waals surface area (Å²) >= 11 is 0. The zero-order valence-electron chi connectivity index (χ0n) is 21.3. The predicted octanol–water partition coefficient (Wildman–Crippen LogP) is 3.43. The van der Waals surface area contributed by atoms with Gasteiger partial charge in [-0.05, 0) is 26.8 Å². The molecule has 5 rings (SSSR count). The Morgan fingerprint density at radius 1 is 1.03 bits per heavy atom. The van der Waals surface area contributed by atoms with Gasteiger partial charge >= 0.3 is 6.09 Å². The molecule has 1 saturated heterocycles. The number of rotatable bonds is 6. The largest absolute Gasteiger partial charge is 0.444 e. The number of ether oxygens (including phenoxy) is 1. The van der Waals surface area contributed by atoms with E-state index < -0.39 is 5.60 Å². The lowest BCUT2D eigenvalue weighted by Gasteiger charge is -2.35. The van der Waals surface area contributed by atoms with Gasteiger partial charge in [-0.1, -0.05) is 18.2 Å². The predicted molar refractivity (Wildman–Crippen MR) is 136 cm³/mol. The molecule has 0 aliphatic carbocycles. The third kappa shape index (κ3) is 5.93. The fraction of sp³-hybridized carbons (Fsp3) is 0.423. The molecule has 194 valence electrons. The van der Waals surface area contributed by atoms with Crippen LogP contribution in [0, 0.1) is 5.82 Å². The van der Waals surface area contributed by atoms with E-state index in [-0.39, 0.29) is 18.5 Å². The van der Waals surface area contributed by atoms with Gasteiger partial charge in [0.2, 0.25) is 0 Å². The van der Waals surface area contributed by atoms with Gasteiger partial charge < -0.3 is 9.64 Å². The van der Waals surface area contributed by atoms with Gasteiger partial charge in [0.05, 0.1) is 36.4 Å². The summed E-state index contributed by atoms with van der Waals surface area (Å²) in [5.41, 5.74) is 1.51. The Morgan fingerprint density at radius 3 is 2.57 bits per heavy atom.